The molecule has 0 radical (unpaired) electrons. The van der Waals surface area contributed by atoms with E-state index in [0.717, 1.165) is 18.5 Å². The number of carbonyl (C=O) groups excluding carboxylic acids is 1. The fourth-order valence-electron chi connectivity index (χ4n) is 2.28. The first-order chi connectivity index (χ1) is 9.67. The fraction of sp³-hybridized carbons (Fsp3) is 0.588. The third-order valence-corrected chi connectivity index (χ3v) is 3.74. The minimum atomic E-state index is -0.457. The van der Waals surface area contributed by atoms with Gasteiger partial charge in [0.2, 0.25) is 5.91 Å². The van der Waals surface area contributed by atoms with Gasteiger partial charge in [-0.15, -0.1) is 0 Å². The van der Waals surface area contributed by atoms with E-state index in [-0.39, 0.29) is 5.91 Å². The molecule has 1 aromatic rings. The molecule has 1 unspecified atom stereocenters. The SMILES string of the molecule is CCCCC(CC)CNC(=O)[C@H](N)Cc1ccccc1. The molecule has 3 nitrogen and oxygen atoms in total. The summed E-state index contributed by atoms with van der Waals surface area (Å²) in [5, 5.41) is 3.00. The van der Waals surface area contributed by atoms with Crippen LogP contribution in [-0.2, 0) is 11.2 Å². The molecule has 0 aliphatic rings. The predicted octanol–water partition coefficient (Wildman–Crippen LogP) is 2.89. The zero-order chi connectivity index (χ0) is 14.8. The highest BCUT2D eigenvalue weighted by Gasteiger charge is 2.15. The monoisotopic (exact) mass is 276 g/mol. The van der Waals surface area contributed by atoms with Crippen molar-refractivity contribution in [2.45, 2.75) is 52.0 Å². The summed E-state index contributed by atoms with van der Waals surface area (Å²) in [4.78, 5) is 12.0. The molecule has 0 saturated carbocycles. The van der Waals surface area contributed by atoms with Gasteiger partial charge < -0.3 is 11.1 Å². The Labute approximate surface area is 122 Å². The van der Waals surface area contributed by atoms with Gasteiger partial charge in [-0.3, -0.25) is 4.79 Å². The van der Waals surface area contributed by atoms with Crippen molar-refractivity contribution in [2.75, 3.05) is 6.54 Å². The minimum absolute atomic E-state index is 0.0381. The number of hydrogen-bond donors (Lipinski definition) is 2. The lowest BCUT2D eigenvalue weighted by atomic mass is 9.99. The molecule has 0 spiro atoms. The summed E-state index contributed by atoms with van der Waals surface area (Å²) in [5.41, 5.74) is 7.07. The first kappa shape index (κ1) is 16.7. The first-order valence-electron chi connectivity index (χ1n) is 7.74. The number of unbranched alkanes of at least 4 members (excludes halogenated alkanes) is 1. The number of nitrogens with two attached hydrogens (primary N) is 1. The molecule has 1 rings (SSSR count). The van der Waals surface area contributed by atoms with E-state index in [1.165, 1.54) is 19.3 Å². The second-order valence-corrected chi connectivity index (χ2v) is 5.46. The van der Waals surface area contributed by atoms with Crippen LogP contribution in [0.25, 0.3) is 0 Å². The largest absolute Gasteiger partial charge is 0.354 e. The van der Waals surface area contributed by atoms with Gasteiger partial charge in [-0.1, -0.05) is 63.4 Å². The number of rotatable bonds is 9. The van der Waals surface area contributed by atoms with E-state index in [1.807, 2.05) is 30.3 Å². The Morgan fingerprint density at radius 1 is 1.25 bits per heavy atom. The quantitative estimate of drug-likeness (QED) is 0.728. The van der Waals surface area contributed by atoms with E-state index in [1.54, 1.807) is 0 Å². The molecule has 0 bridgehead atoms. The van der Waals surface area contributed by atoms with Crippen molar-refractivity contribution in [1.29, 1.82) is 0 Å². The summed E-state index contributed by atoms with van der Waals surface area (Å²) in [5.74, 6) is 0.534. The molecule has 3 N–H and O–H groups in total. The third-order valence-electron chi connectivity index (χ3n) is 3.74. The van der Waals surface area contributed by atoms with E-state index in [0.29, 0.717) is 12.3 Å². The zero-order valence-corrected chi connectivity index (χ0v) is 12.8. The normalized spacial score (nSPS) is 13.8. The molecular formula is C17H28N2O. The van der Waals surface area contributed by atoms with Crippen molar-refractivity contribution >= 4 is 5.91 Å². The fourth-order valence-corrected chi connectivity index (χ4v) is 2.28. The van der Waals surface area contributed by atoms with E-state index >= 15 is 0 Å². The van der Waals surface area contributed by atoms with Gasteiger partial charge in [-0.2, -0.15) is 0 Å². The van der Waals surface area contributed by atoms with Crippen LogP contribution in [0.4, 0.5) is 0 Å². The molecule has 0 heterocycles. The molecule has 112 valence electrons. The lowest BCUT2D eigenvalue weighted by molar-refractivity contribution is -0.122. The average molecular weight is 276 g/mol. The van der Waals surface area contributed by atoms with Gasteiger partial charge in [0.1, 0.15) is 0 Å². The summed E-state index contributed by atoms with van der Waals surface area (Å²) >= 11 is 0. The van der Waals surface area contributed by atoms with Gasteiger partial charge in [0.25, 0.3) is 0 Å². The molecule has 2 atom stereocenters. The number of carbonyl (C=O) groups is 1. The maximum Gasteiger partial charge on any atom is 0.237 e. The van der Waals surface area contributed by atoms with Gasteiger partial charge in [0.05, 0.1) is 6.04 Å². The Morgan fingerprint density at radius 3 is 2.55 bits per heavy atom. The lowest BCUT2D eigenvalue weighted by Crippen LogP contribution is -2.43. The molecule has 20 heavy (non-hydrogen) atoms. The molecule has 0 fully saturated rings. The molecule has 0 aliphatic carbocycles. The summed E-state index contributed by atoms with van der Waals surface area (Å²) in [6.07, 6.45) is 5.32. The van der Waals surface area contributed by atoms with E-state index in [9.17, 15) is 4.79 Å². The van der Waals surface area contributed by atoms with Crippen LogP contribution in [0.1, 0.15) is 45.1 Å². The molecule has 0 aliphatic heterocycles. The highest BCUT2D eigenvalue weighted by molar-refractivity contribution is 5.81. The molecule has 1 aromatic carbocycles. The van der Waals surface area contributed by atoms with Crippen LogP contribution in [-0.4, -0.2) is 18.5 Å². The minimum Gasteiger partial charge on any atom is -0.354 e. The number of nitrogens with one attached hydrogen (secondary N) is 1. The summed E-state index contributed by atoms with van der Waals surface area (Å²) < 4.78 is 0. The second kappa shape index (κ2) is 9.54. The number of benzene rings is 1. The van der Waals surface area contributed by atoms with Crippen molar-refractivity contribution in [3.05, 3.63) is 35.9 Å². The van der Waals surface area contributed by atoms with Gasteiger partial charge in [0.15, 0.2) is 0 Å². The summed E-state index contributed by atoms with van der Waals surface area (Å²) in [6.45, 7) is 5.12. The van der Waals surface area contributed by atoms with Crippen LogP contribution in [0.3, 0.4) is 0 Å². The van der Waals surface area contributed by atoms with Gasteiger partial charge in [-0.25, -0.2) is 0 Å². The predicted molar refractivity (Wildman–Crippen MR) is 84.4 cm³/mol. The number of amides is 1. The van der Waals surface area contributed by atoms with Crippen molar-refractivity contribution in [3.63, 3.8) is 0 Å². The topological polar surface area (TPSA) is 55.1 Å². The smallest absolute Gasteiger partial charge is 0.237 e. The highest BCUT2D eigenvalue weighted by Crippen LogP contribution is 2.11. The van der Waals surface area contributed by atoms with Gasteiger partial charge in [0, 0.05) is 6.54 Å². The standard InChI is InChI=1S/C17H28N2O/c1-3-5-9-14(4-2)13-19-17(20)16(18)12-15-10-7-6-8-11-15/h6-8,10-11,14,16H,3-5,9,12-13,18H2,1-2H3,(H,19,20)/t14?,16-/m1/s1. The van der Waals surface area contributed by atoms with Crippen LogP contribution in [0.2, 0.25) is 0 Å². The van der Waals surface area contributed by atoms with Crippen LogP contribution < -0.4 is 11.1 Å². The maximum absolute atomic E-state index is 12.0. The van der Waals surface area contributed by atoms with Crippen molar-refractivity contribution < 1.29 is 4.79 Å². The number of hydrogen-bond acceptors (Lipinski definition) is 2. The van der Waals surface area contributed by atoms with E-state index < -0.39 is 6.04 Å². The summed E-state index contributed by atoms with van der Waals surface area (Å²) in [6, 6.07) is 9.46. The van der Waals surface area contributed by atoms with Crippen molar-refractivity contribution in [2.24, 2.45) is 11.7 Å². The first-order valence-corrected chi connectivity index (χ1v) is 7.74. The van der Waals surface area contributed by atoms with Gasteiger partial charge in [-0.05, 0) is 24.3 Å². The molecule has 0 aromatic heterocycles. The Kier molecular flexibility index (Phi) is 7.97. The molecular weight excluding hydrogens is 248 g/mol. The van der Waals surface area contributed by atoms with Crippen molar-refractivity contribution in [1.82, 2.24) is 5.32 Å². The lowest BCUT2D eigenvalue weighted by Gasteiger charge is -2.17. The van der Waals surface area contributed by atoms with Crippen LogP contribution in [0, 0.1) is 5.92 Å². The Bertz CT molecular complexity index is 378. The Morgan fingerprint density at radius 2 is 1.95 bits per heavy atom. The third kappa shape index (κ3) is 6.20. The highest BCUT2D eigenvalue weighted by atomic mass is 16.2. The van der Waals surface area contributed by atoms with Crippen molar-refractivity contribution in [3.8, 4) is 0 Å². The van der Waals surface area contributed by atoms with Crippen LogP contribution in [0.5, 0.6) is 0 Å². The summed E-state index contributed by atoms with van der Waals surface area (Å²) in [7, 11) is 0. The van der Waals surface area contributed by atoms with Crippen LogP contribution in [0.15, 0.2) is 30.3 Å². The molecule has 0 saturated heterocycles. The Balaban J connectivity index is 2.34. The maximum atomic E-state index is 12.0. The zero-order valence-electron chi connectivity index (χ0n) is 12.8. The average Bonchev–Trinajstić information content (AvgIpc) is 2.48. The second-order valence-electron chi connectivity index (χ2n) is 5.46. The molecule has 3 heteroatoms. The molecule has 1 amide bonds. The van der Waals surface area contributed by atoms with E-state index in [2.05, 4.69) is 19.2 Å². The van der Waals surface area contributed by atoms with E-state index in [4.69, 9.17) is 5.73 Å². The Hall–Kier alpha value is -1.35. The van der Waals surface area contributed by atoms with Crippen LogP contribution >= 0.6 is 0 Å². The van der Waals surface area contributed by atoms with Gasteiger partial charge >= 0.3 is 0 Å².